The van der Waals surface area contributed by atoms with E-state index in [-0.39, 0.29) is 12.6 Å². The summed E-state index contributed by atoms with van der Waals surface area (Å²) >= 11 is 3.53. The van der Waals surface area contributed by atoms with Gasteiger partial charge in [-0.05, 0) is 23.6 Å². The molecule has 1 aromatic rings. The maximum atomic E-state index is 9.03. The summed E-state index contributed by atoms with van der Waals surface area (Å²) in [5.41, 5.74) is 2.67. The summed E-state index contributed by atoms with van der Waals surface area (Å²) in [6, 6.07) is 6.44. The highest BCUT2D eigenvalue weighted by Crippen LogP contribution is 2.24. The predicted molar refractivity (Wildman–Crippen MR) is 55.6 cm³/mol. The molecule has 0 saturated carbocycles. The summed E-state index contributed by atoms with van der Waals surface area (Å²) in [5.74, 6) is 0. The van der Waals surface area contributed by atoms with Crippen LogP contribution < -0.4 is 5.32 Å². The van der Waals surface area contributed by atoms with Gasteiger partial charge in [0, 0.05) is 17.1 Å². The molecule has 1 aliphatic rings. The number of benzene rings is 1. The molecule has 2 rings (SSSR count). The van der Waals surface area contributed by atoms with Gasteiger partial charge in [0.1, 0.15) is 0 Å². The average Bonchev–Trinajstić information content (AvgIpc) is 2.18. The summed E-state index contributed by atoms with van der Waals surface area (Å²) < 4.78 is 1.16. The van der Waals surface area contributed by atoms with Gasteiger partial charge in [-0.15, -0.1) is 0 Å². The molecule has 0 aromatic heterocycles. The minimum Gasteiger partial charge on any atom is -0.395 e. The van der Waals surface area contributed by atoms with Crippen LogP contribution in [0.3, 0.4) is 0 Å². The summed E-state index contributed by atoms with van der Waals surface area (Å²) in [7, 11) is 0. The van der Waals surface area contributed by atoms with Gasteiger partial charge in [0.25, 0.3) is 0 Å². The average molecular weight is 242 g/mol. The lowest BCUT2D eigenvalue weighted by Gasteiger charge is -2.25. The van der Waals surface area contributed by atoms with Crippen LogP contribution in [0, 0.1) is 0 Å². The van der Waals surface area contributed by atoms with Gasteiger partial charge in [0.05, 0.1) is 6.61 Å². The lowest BCUT2D eigenvalue weighted by Crippen LogP contribution is -2.38. The molecule has 0 saturated heterocycles. The minimum absolute atomic E-state index is 0.209. The molecular formula is C10H12BrNO. The van der Waals surface area contributed by atoms with Crippen LogP contribution in [0.4, 0.5) is 0 Å². The monoisotopic (exact) mass is 241 g/mol. The quantitative estimate of drug-likeness (QED) is 0.781. The summed E-state index contributed by atoms with van der Waals surface area (Å²) in [5, 5.41) is 12.3. The highest BCUT2D eigenvalue weighted by molar-refractivity contribution is 9.10. The lowest BCUT2D eigenvalue weighted by atomic mass is 9.96. The number of nitrogens with one attached hydrogen (secondary N) is 1. The Morgan fingerprint density at radius 3 is 3.15 bits per heavy atom. The van der Waals surface area contributed by atoms with E-state index in [0.717, 1.165) is 17.4 Å². The predicted octanol–water partition coefficient (Wildman–Crippen LogP) is 1.46. The molecule has 2 nitrogen and oxygen atoms in total. The van der Waals surface area contributed by atoms with E-state index in [1.165, 1.54) is 11.1 Å². The van der Waals surface area contributed by atoms with Crippen molar-refractivity contribution in [2.45, 2.75) is 19.0 Å². The first kappa shape index (κ1) is 9.19. The first-order valence-electron chi connectivity index (χ1n) is 4.42. The van der Waals surface area contributed by atoms with Gasteiger partial charge < -0.3 is 10.4 Å². The van der Waals surface area contributed by atoms with E-state index in [0.29, 0.717) is 0 Å². The van der Waals surface area contributed by atoms with Crippen LogP contribution in [-0.2, 0) is 13.0 Å². The largest absolute Gasteiger partial charge is 0.395 e. The number of fused-ring (bicyclic) bond motifs is 1. The van der Waals surface area contributed by atoms with Crippen molar-refractivity contribution in [2.75, 3.05) is 6.61 Å². The topological polar surface area (TPSA) is 32.3 Å². The van der Waals surface area contributed by atoms with Crippen LogP contribution in [0.15, 0.2) is 22.7 Å². The van der Waals surface area contributed by atoms with E-state index in [9.17, 15) is 0 Å². The standard InChI is InChI=1S/C10H12BrNO/c11-10-3-1-2-7-5-12-8(6-13)4-9(7)10/h1-3,8,12-13H,4-6H2/t8-/m0/s1. The van der Waals surface area contributed by atoms with Gasteiger partial charge in [-0.3, -0.25) is 0 Å². The molecule has 70 valence electrons. The fraction of sp³-hybridized carbons (Fsp3) is 0.400. The van der Waals surface area contributed by atoms with E-state index >= 15 is 0 Å². The van der Waals surface area contributed by atoms with Crippen LogP contribution in [0.1, 0.15) is 11.1 Å². The molecule has 1 atom stereocenters. The van der Waals surface area contributed by atoms with Gasteiger partial charge in [0.2, 0.25) is 0 Å². The fourth-order valence-corrected chi connectivity index (χ4v) is 2.27. The van der Waals surface area contributed by atoms with E-state index in [1.54, 1.807) is 0 Å². The zero-order valence-corrected chi connectivity index (χ0v) is 8.84. The van der Waals surface area contributed by atoms with Gasteiger partial charge in [0.15, 0.2) is 0 Å². The van der Waals surface area contributed by atoms with Gasteiger partial charge in [-0.25, -0.2) is 0 Å². The maximum Gasteiger partial charge on any atom is 0.0587 e. The Morgan fingerprint density at radius 1 is 1.54 bits per heavy atom. The number of aliphatic hydroxyl groups excluding tert-OH is 1. The van der Waals surface area contributed by atoms with Crippen molar-refractivity contribution in [3.05, 3.63) is 33.8 Å². The van der Waals surface area contributed by atoms with Crippen LogP contribution in [0.2, 0.25) is 0 Å². The van der Waals surface area contributed by atoms with Crippen molar-refractivity contribution >= 4 is 15.9 Å². The first-order chi connectivity index (χ1) is 6.31. The van der Waals surface area contributed by atoms with Crippen molar-refractivity contribution in [3.8, 4) is 0 Å². The third kappa shape index (κ3) is 1.77. The second-order valence-corrected chi connectivity index (χ2v) is 4.20. The first-order valence-corrected chi connectivity index (χ1v) is 5.21. The number of hydrogen-bond donors (Lipinski definition) is 2. The van der Waals surface area contributed by atoms with Crippen molar-refractivity contribution < 1.29 is 5.11 Å². The minimum atomic E-state index is 0.209. The molecular weight excluding hydrogens is 230 g/mol. The molecule has 0 bridgehead atoms. The molecule has 13 heavy (non-hydrogen) atoms. The third-order valence-corrected chi connectivity index (χ3v) is 3.21. The molecule has 0 radical (unpaired) electrons. The number of aliphatic hydroxyl groups is 1. The summed E-state index contributed by atoms with van der Waals surface area (Å²) in [6.45, 7) is 1.07. The molecule has 1 aliphatic heterocycles. The Balaban J connectivity index is 2.32. The Kier molecular flexibility index (Phi) is 2.67. The van der Waals surface area contributed by atoms with Crippen LogP contribution in [0.5, 0.6) is 0 Å². The maximum absolute atomic E-state index is 9.03. The molecule has 0 fully saturated rings. The Bertz CT molecular complexity index is 314. The zero-order valence-electron chi connectivity index (χ0n) is 7.26. The Hall–Kier alpha value is -0.380. The van der Waals surface area contributed by atoms with E-state index in [4.69, 9.17) is 5.11 Å². The molecule has 1 heterocycles. The van der Waals surface area contributed by atoms with Crippen molar-refractivity contribution in [1.82, 2.24) is 5.32 Å². The molecule has 0 spiro atoms. The van der Waals surface area contributed by atoms with Gasteiger partial charge in [-0.2, -0.15) is 0 Å². The smallest absolute Gasteiger partial charge is 0.0587 e. The molecule has 0 unspecified atom stereocenters. The van der Waals surface area contributed by atoms with Crippen molar-refractivity contribution in [3.63, 3.8) is 0 Å². The van der Waals surface area contributed by atoms with Gasteiger partial charge in [-0.1, -0.05) is 28.1 Å². The molecule has 0 aliphatic carbocycles. The highest BCUT2D eigenvalue weighted by Gasteiger charge is 2.18. The third-order valence-electron chi connectivity index (χ3n) is 2.47. The number of rotatable bonds is 1. The van der Waals surface area contributed by atoms with Crippen LogP contribution >= 0.6 is 15.9 Å². The highest BCUT2D eigenvalue weighted by atomic mass is 79.9. The van der Waals surface area contributed by atoms with Crippen LogP contribution in [-0.4, -0.2) is 17.8 Å². The van der Waals surface area contributed by atoms with Gasteiger partial charge >= 0.3 is 0 Å². The second kappa shape index (κ2) is 3.78. The zero-order chi connectivity index (χ0) is 9.26. The number of halogens is 1. The SMILES string of the molecule is OC[C@@H]1Cc2c(Br)cccc2CN1. The Labute approximate surface area is 86.1 Å². The lowest BCUT2D eigenvalue weighted by molar-refractivity contribution is 0.235. The van der Waals surface area contributed by atoms with E-state index in [2.05, 4.69) is 33.4 Å². The molecule has 0 amide bonds. The summed E-state index contributed by atoms with van der Waals surface area (Å²) in [4.78, 5) is 0. The second-order valence-electron chi connectivity index (χ2n) is 3.34. The van der Waals surface area contributed by atoms with E-state index in [1.807, 2.05) is 6.07 Å². The number of hydrogen-bond acceptors (Lipinski definition) is 2. The molecule has 3 heteroatoms. The normalized spacial score (nSPS) is 21.2. The van der Waals surface area contributed by atoms with E-state index < -0.39 is 0 Å². The van der Waals surface area contributed by atoms with Crippen LogP contribution in [0.25, 0.3) is 0 Å². The summed E-state index contributed by atoms with van der Waals surface area (Å²) in [6.07, 6.45) is 0.910. The molecule has 1 aromatic carbocycles. The molecule has 2 N–H and O–H groups in total. The van der Waals surface area contributed by atoms with Crippen molar-refractivity contribution in [2.24, 2.45) is 0 Å². The van der Waals surface area contributed by atoms with Crippen molar-refractivity contribution in [1.29, 1.82) is 0 Å². The fourth-order valence-electron chi connectivity index (χ4n) is 1.70. The Morgan fingerprint density at radius 2 is 2.38 bits per heavy atom.